The van der Waals surface area contributed by atoms with Gasteiger partial charge in [0.1, 0.15) is 0 Å². The maximum Gasteiger partial charge on any atom is 2.00 e. The summed E-state index contributed by atoms with van der Waals surface area (Å²) >= 11 is 0. The summed E-state index contributed by atoms with van der Waals surface area (Å²) in [6.07, 6.45) is 10.3. The summed E-state index contributed by atoms with van der Waals surface area (Å²) in [7, 11) is -7.89. The number of nitrogens with zero attached hydrogens (tertiary/aromatic N) is 4. The summed E-state index contributed by atoms with van der Waals surface area (Å²) in [5.41, 5.74) is 14.1. The molecule has 0 spiro atoms. The Morgan fingerprint density at radius 3 is 1.02 bits per heavy atom. The number of aliphatic hydroxyl groups is 2. The number of hydrogen-bond acceptors (Lipinski definition) is 18. The summed E-state index contributed by atoms with van der Waals surface area (Å²) in [6.45, 7) is 2.15. The van der Waals surface area contributed by atoms with E-state index < -0.39 is 20.5 Å². The van der Waals surface area contributed by atoms with Gasteiger partial charge in [-0.3, -0.25) is 20.0 Å². The Morgan fingerprint density at radius 2 is 0.788 bits per heavy atom. The molecule has 0 fully saturated rings. The smallest absolute Gasteiger partial charge is 0.872 e. The fourth-order valence-electron chi connectivity index (χ4n) is 2.74. The van der Waals surface area contributed by atoms with Crippen molar-refractivity contribution in [2.75, 3.05) is 40.4 Å². The van der Waals surface area contributed by atoms with E-state index in [9.17, 15) is 10.2 Å². The Kier molecular flexibility index (Phi) is 42.0. The number of hydrogen-bond donors (Lipinski definition) is 4. The van der Waals surface area contributed by atoms with E-state index in [-0.39, 0.29) is 45.6 Å². The maximum absolute atomic E-state index is 11.1. The topological polar surface area (TPSA) is 374 Å². The fourth-order valence-corrected chi connectivity index (χ4v) is 2.74. The third kappa shape index (κ3) is 41.2. The molecule has 2 radical (unpaired) electrons. The van der Waals surface area contributed by atoms with Gasteiger partial charge in [-0.1, -0.05) is 48.5 Å². The van der Waals surface area contributed by atoms with Crippen LogP contribution in [0.15, 0.2) is 108 Å². The molecular formula is C30H38Cl2Cu2N6O12. The molecule has 0 saturated carbocycles. The van der Waals surface area contributed by atoms with Crippen molar-refractivity contribution in [3.05, 3.63) is 109 Å². The second kappa shape index (κ2) is 37.6. The molecular weight excluding hydrogens is 834 g/mol. The van der Waals surface area contributed by atoms with Crippen molar-refractivity contribution in [3.8, 4) is 22.6 Å². The first-order valence-electron chi connectivity index (χ1n) is 13.5. The van der Waals surface area contributed by atoms with Gasteiger partial charge in [-0.15, -0.1) is 32.0 Å². The number of para-hydroxylation sites is 2. The molecule has 0 unspecified atom stereocenters. The van der Waals surface area contributed by atoms with Gasteiger partial charge in [0.2, 0.25) is 0 Å². The predicted octanol–water partition coefficient (Wildman–Crippen LogP) is -7.88. The third-order valence-electron chi connectivity index (χ3n) is 4.51. The molecule has 0 saturated heterocycles. The first kappa shape index (κ1) is 58.1. The van der Waals surface area contributed by atoms with E-state index in [2.05, 4.69) is 20.0 Å². The Balaban J connectivity index is -0.000000178. The van der Waals surface area contributed by atoms with Gasteiger partial charge in [0, 0.05) is 64.5 Å². The molecule has 2 aromatic heterocycles. The summed E-state index contributed by atoms with van der Waals surface area (Å²) in [5.74, 6) is -0.00320. The third-order valence-corrected chi connectivity index (χ3v) is 4.51. The van der Waals surface area contributed by atoms with Crippen LogP contribution in [0.25, 0.3) is 11.1 Å². The van der Waals surface area contributed by atoms with E-state index >= 15 is 0 Å². The van der Waals surface area contributed by atoms with Crippen LogP contribution in [0.1, 0.15) is 11.1 Å². The summed E-state index contributed by atoms with van der Waals surface area (Å²) in [6, 6.07) is 21.5. The molecule has 22 heteroatoms. The summed E-state index contributed by atoms with van der Waals surface area (Å²) in [4.78, 5) is 15.9. The van der Waals surface area contributed by atoms with Gasteiger partial charge < -0.3 is 31.9 Å². The molecule has 0 atom stereocenters. The monoisotopic (exact) mass is 870 g/mol. The van der Waals surface area contributed by atoms with Crippen LogP contribution < -0.4 is 59.0 Å². The van der Waals surface area contributed by atoms with Gasteiger partial charge >= 0.3 is 34.1 Å². The normalized spacial score (nSPS) is 9.73. The Hall–Kier alpha value is -3.18. The zero-order valence-electron chi connectivity index (χ0n) is 27.5. The molecule has 52 heavy (non-hydrogen) atoms. The van der Waals surface area contributed by atoms with Crippen LogP contribution in [0.2, 0.25) is 0 Å². The second-order valence-corrected chi connectivity index (χ2v) is 9.46. The van der Waals surface area contributed by atoms with E-state index in [4.69, 9.17) is 59.0 Å². The van der Waals surface area contributed by atoms with Crippen LogP contribution in [0, 0.1) is 20.5 Å². The number of aromatic nitrogens is 2. The largest absolute Gasteiger partial charge is 2.00 e. The molecule has 4 aromatic rings. The van der Waals surface area contributed by atoms with Crippen LogP contribution >= 0.6 is 0 Å². The van der Waals surface area contributed by atoms with Crippen LogP contribution in [0.4, 0.5) is 0 Å². The van der Waals surface area contributed by atoms with E-state index in [0.29, 0.717) is 37.3 Å². The number of halogens is 2. The van der Waals surface area contributed by atoms with Crippen molar-refractivity contribution in [1.29, 1.82) is 0 Å². The van der Waals surface area contributed by atoms with Crippen molar-refractivity contribution in [2.24, 2.45) is 21.5 Å². The van der Waals surface area contributed by atoms with Crippen molar-refractivity contribution in [1.82, 2.24) is 9.97 Å². The molecule has 2 heterocycles. The van der Waals surface area contributed by atoms with Crippen molar-refractivity contribution < 1.29 is 112 Å². The number of rotatable bonds is 7. The summed E-state index contributed by atoms with van der Waals surface area (Å²) < 4.78 is 67.9. The molecule has 4 rings (SSSR count). The molecule has 18 nitrogen and oxygen atoms in total. The number of aliphatic imine (C=N–C) groups is 2. The van der Waals surface area contributed by atoms with Crippen LogP contribution in [0.3, 0.4) is 0 Å². The molecule has 0 aliphatic carbocycles. The second-order valence-electron chi connectivity index (χ2n) is 7.95. The zero-order chi connectivity index (χ0) is 38.8. The zero-order valence-corrected chi connectivity index (χ0v) is 30.9. The molecule has 0 aliphatic rings. The first-order valence-corrected chi connectivity index (χ1v) is 16.0. The minimum atomic E-state index is -4.94. The quantitative estimate of drug-likeness (QED) is 0.0990. The van der Waals surface area contributed by atoms with E-state index in [1.807, 2.05) is 36.4 Å². The number of benzene rings is 2. The molecule has 6 N–H and O–H groups in total. The molecule has 0 aliphatic heterocycles. The molecule has 296 valence electrons. The van der Waals surface area contributed by atoms with Gasteiger partial charge in [0.15, 0.2) is 0 Å². The number of nitrogens with two attached hydrogens (primary N) is 2. The minimum Gasteiger partial charge on any atom is -0.872 e. The standard InChI is InChI=1S/C10H8N2.2C9H12N2O.2CH4O.2ClHO4.2Cu/c1-5-11-6-2-9(1)10-3-7-12-8-4-10;2*10-5-6-11-7-8-3-1-2-4-9(8)12;2*1-2;2*2-1(3,4)5;;/h1-8H;2*1-4,7,12H,5-6,10H2;2*2H,1H3;2*(H,2,3,4,5);;/q;;;;;;;2*+2/p-4. The average Bonchev–Trinajstić information content (AvgIpc) is 3.08. The number of aliphatic hydroxyl groups excluding tert-OH is 2. The van der Waals surface area contributed by atoms with E-state index in [0.717, 1.165) is 14.2 Å². The van der Waals surface area contributed by atoms with Crippen LogP contribution in [-0.4, -0.2) is 73.0 Å². The maximum atomic E-state index is 11.1. The molecule has 2 aromatic carbocycles. The van der Waals surface area contributed by atoms with Crippen molar-refractivity contribution >= 4 is 12.4 Å². The van der Waals surface area contributed by atoms with Gasteiger partial charge in [-0.2, -0.15) is 0 Å². The van der Waals surface area contributed by atoms with Gasteiger partial charge in [0.25, 0.3) is 0 Å². The van der Waals surface area contributed by atoms with Crippen LogP contribution in [0.5, 0.6) is 11.5 Å². The van der Waals surface area contributed by atoms with Gasteiger partial charge in [-0.05, 0) is 46.5 Å². The summed E-state index contributed by atoms with van der Waals surface area (Å²) in [5, 5.41) is 36.2. The molecule has 0 amide bonds. The Bertz CT molecular complexity index is 1290. The first-order chi connectivity index (χ1) is 23.7. The van der Waals surface area contributed by atoms with Crippen molar-refractivity contribution in [2.45, 2.75) is 0 Å². The van der Waals surface area contributed by atoms with Crippen LogP contribution in [-0.2, 0) is 34.1 Å². The number of pyridine rings is 2. The Morgan fingerprint density at radius 1 is 0.538 bits per heavy atom. The van der Waals surface area contributed by atoms with Gasteiger partial charge in [-0.25, -0.2) is 37.3 Å². The minimum absolute atomic E-state index is 0. The Labute approximate surface area is 326 Å². The van der Waals surface area contributed by atoms with Crippen molar-refractivity contribution in [3.63, 3.8) is 0 Å². The van der Waals surface area contributed by atoms with E-state index in [1.54, 1.807) is 61.5 Å². The molecule has 0 bridgehead atoms. The predicted molar refractivity (Wildman–Crippen MR) is 159 cm³/mol. The fraction of sp³-hybridized carbons (Fsp3) is 0.200. The SMILES string of the molecule is CO.CO.NCCN=Cc1ccccc1[O-].NCCN=Cc1ccccc1[O-].[Cu+2].[Cu+2].[O-][Cl+3]([O-])([O-])[O-].[O-][Cl+3]([O-])([O-])[O-].c1cc(-c2ccncc2)ccn1. The van der Waals surface area contributed by atoms with Gasteiger partial charge in [0.05, 0.1) is 13.1 Å². The average molecular weight is 873 g/mol. The van der Waals surface area contributed by atoms with E-state index in [1.165, 1.54) is 23.3 Å².